The van der Waals surface area contributed by atoms with Gasteiger partial charge < -0.3 is 5.32 Å². The van der Waals surface area contributed by atoms with Gasteiger partial charge in [-0.2, -0.15) is 0 Å². The van der Waals surface area contributed by atoms with Crippen LogP contribution in [0.25, 0.3) is 0 Å². The molecule has 2 aromatic rings. The highest BCUT2D eigenvalue weighted by molar-refractivity contribution is 5.94. The monoisotopic (exact) mass is 340 g/mol. The Morgan fingerprint density at radius 1 is 1.12 bits per heavy atom. The van der Waals surface area contributed by atoms with E-state index in [0.717, 1.165) is 12.1 Å². The van der Waals surface area contributed by atoms with Crippen LogP contribution in [0.1, 0.15) is 12.5 Å². The zero-order valence-electron chi connectivity index (χ0n) is 13.1. The highest BCUT2D eigenvalue weighted by Gasteiger charge is 2.21. The van der Waals surface area contributed by atoms with Crippen LogP contribution in [0.15, 0.2) is 36.4 Å². The Balaban J connectivity index is 2.05. The van der Waals surface area contributed by atoms with E-state index in [9.17, 15) is 22.4 Å². The van der Waals surface area contributed by atoms with Gasteiger partial charge in [-0.05, 0) is 43.8 Å². The first-order valence-corrected chi connectivity index (χ1v) is 7.18. The van der Waals surface area contributed by atoms with Crippen molar-refractivity contribution in [2.24, 2.45) is 0 Å². The molecule has 0 aliphatic carbocycles. The molecule has 2 aromatic carbocycles. The Labute approximate surface area is 136 Å². The second kappa shape index (κ2) is 7.44. The number of hydrogen-bond donors (Lipinski definition) is 1. The SMILES string of the molecule is C[C@H](C(=O)Nc1ccc(F)c(F)c1F)N(C)Cc1cccc(F)c1. The van der Waals surface area contributed by atoms with Crippen LogP contribution in [-0.4, -0.2) is 23.9 Å². The van der Waals surface area contributed by atoms with Crippen molar-refractivity contribution in [2.45, 2.75) is 19.5 Å². The molecule has 0 aliphatic rings. The van der Waals surface area contributed by atoms with Gasteiger partial charge in [0.15, 0.2) is 17.5 Å². The second-order valence-electron chi connectivity index (χ2n) is 5.43. The van der Waals surface area contributed by atoms with Crippen LogP contribution in [0, 0.1) is 23.3 Å². The van der Waals surface area contributed by atoms with Gasteiger partial charge in [0.2, 0.25) is 5.91 Å². The number of amides is 1. The Morgan fingerprint density at radius 2 is 1.83 bits per heavy atom. The standard InChI is InChI=1S/C17H16F4N2O/c1-10(23(2)9-11-4-3-5-12(18)8-11)17(24)22-14-7-6-13(19)15(20)16(14)21/h3-8,10H,9H2,1-2H3,(H,22,24)/t10-/m1/s1. The first kappa shape index (κ1) is 17.9. The van der Waals surface area contributed by atoms with Crippen LogP contribution in [0.3, 0.4) is 0 Å². The Bertz CT molecular complexity index is 751. The van der Waals surface area contributed by atoms with Gasteiger partial charge in [-0.25, -0.2) is 17.6 Å². The molecule has 0 fully saturated rings. The number of nitrogens with one attached hydrogen (secondary N) is 1. The van der Waals surface area contributed by atoms with E-state index < -0.39 is 35.1 Å². The summed E-state index contributed by atoms with van der Waals surface area (Å²) in [6.07, 6.45) is 0. The summed E-state index contributed by atoms with van der Waals surface area (Å²) >= 11 is 0. The van der Waals surface area contributed by atoms with E-state index in [1.807, 2.05) is 0 Å². The quantitative estimate of drug-likeness (QED) is 0.665. The molecular weight excluding hydrogens is 324 g/mol. The number of carbonyl (C=O) groups excluding carboxylic acids is 1. The molecule has 0 aromatic heterocycles. The van der Waals surface area contributed by atoms with Crippen molar-refractivity contribution >= 4 is 11.6 Å². The molecule has 7 heteroatoms. The molecule has 0 radical (unpaired) electrons. The average molecular weight is 340 g/mol. The van der Waals surface area contributed by atoms with E-state index >= 15 is 0 Å². The third-order valence-electron chi connectivity index (χ3n) is 3.65. The number of likely N-dealkylation sites (N-methyl/N-ethyl adjacent to an activating group) is 1. The Hall–Kier alpha value is -2.41. The van der Waals surface area contributed by atoms with E-state index in [-0.39, 0.29) is 12.4 Å². The molecule has 3 nitrogen and oxygen atoms in total. The largest absolute Gasteiger partial charge is 0.322 e. The van der Waals surface area contributed by atoms with Gasteiger partial charge in [0.25, 0.3) is 0 Å². The molecule has 0 saturated heterocycles. The smallest absolute Gasteiger partial charge is 0.241 e. The molecule has 0 saturated carbocycles. The second-order valence-corrected chi connectivity index (χ2v) is 5.43. The van der Waals surface area contributed by atoms with Crippen LogP contribution in [0.5, 0.6) is 0 Å². The number of rotatable bonds is 5. The summed E-state index contributed by atoms with van der Waals surface area (Å²) in [6, 6.07) is 6.89. The van der Waals surface area contributed by atoms with Gasteiger partial charge >= 0.3 is 0 Å². The highest BCUT2D eigenvalue weighted by Crippen LogP contribution is 2.20. The summed E-state index contributed by atoms with van der Waals surface area (Å²) in [5.41, 5.74) is 0.223. The number of nitrogens with zero attached hydrogens (tertiary/aromatic N) is 1. The topological polar surface area (TPSA) is 32.3 Å². The van der Waals surface area contributed by atoms with Crippen molar-refractivity contribution < 1.29 is 22.4 Å². The molecule has 1 atom stereocenters. The summed E-state index contributed by atoms with van der Waals surface area (Å²) in [5, 5.41) is 2.22. The molecule has 1 amide bonds. The van der Waals surface area contributed by atoms with Crippen LogP contribution in [-0.2, 0) is 11.3 Å². The molecule has 0 aliphatic heterocycles. The van der Waals surface area contributed by atoms with Gasteiger partial charge in [-0.1, -0.05) is 12.1 Å². The Morgan fingerprint density at radius 3 is 2.50 bits per heavy atom. The van der Waals surface area contributed by atoms with Crippen molar-refractivity contribution in [3.63, 3.8) is 0 Å². The van der Waals surface area contributed by atoms with Crippen LogP contribution in [0.2, 0.25) is 0 Å². The molecule has 0 heterocycles. The third-order valence-corrected chi connectivity index (χ3v) is 3.65. The van der Waals surface area contributed by atoms with Crippen LogP contribution < -0.4 is 5.32 Å². The van der Waals surface area contributed by atoms with Crippen molar-refractivity contribution in [3.8, 4) is 0 Å². The van der Waals surface area contributed by atoms with E-state index in [1.54, 1.807) is 31.0 Å². The van der Waals surface area contributed by atoms with E-state index in [1.165, 1.54) is 12.1 Å². The molecule has 128 valence electrons. The lowest BCUT2D eigenvalue weighted by molar-refractivity contribution is -0.120. The number of carbonyl (C=O) groups is 1. The first-order chi connectivity index (χ1) is 11.3. The summed E-state index contributed by atoms with van der Waals surface area (Å²) in [4.78, 5) is 13.8. The van der Waals surface area contributed by atoms with Crippen molar-refractivity contribution in [3.05, 3.63) is 65.2 Å². The normalized spacial score (nSPS) is 12.3. The fourth-order valence-electron chi connectivity index (χ4n) is 2.12. The van der Waals surface area contributed by atoms with Crippen LogP contribution >= 0.6 is 0 Å². The van der Waals surface area contributed by atoms with E-state index in [2.05, 4.69) is 5.32 Å². The summed E-state index contributed by atoms with van der Waals surface area (Å²) in [6.45, 7) is 1.85. The van der Waals surface area contributed by atoms with E-state index in [0.29, 0.717) is 5.56 Å². The lowest BCUT2D eigenvalue weighted by atomic mass is 10.1. The lowest BCUT2D eigenvalue weighted by Crippen LogP contribution is -2.39. The third kappa shape index (κ3) is 4.11. The number of benzene rings is 2. The molecule has 0 bridgehead atoms. The maximum absolute atomic E-state index is 13.6. The maximum Gasteiger partial charge on any atom is 0.241 e. The summed E-state index contributed by atoms with van der Waals surface area (Å²) in [5.74, 6) is -5.42. The molecule has 0 spiro atoms. The minimum Gasteiger partial charge on any atom is -0.322 e. The lowest BCUT2D eigenvalue weighted by Gasteiger charge is -2.24. The number of halogens is 4. The van der Waals surface area contributed by atoms with Gasteiger partial charge in [0.1, 0.15) is 5.82 Å². The van der Waals surface area contributed by atoms with Crippen molar-refractivity contribution in [1.82, 2.24) is 4.90 Å². The van der Waals surface area contributed by atoms with Crippen LogP contribution in [0.4, 0.5) is 23.2 Å². The maximum atomic E-state index is 13.6. The molecule has 24 heavy (non-hydrogen) atoms. The summed E-state index contributed by atoms with van der Waals surface area (Å²) < 4.78 is 52.8. The predicted molar refractivity (Wildman–Crippen MR) is 82.3 cm³/mol. The van der Waals surface area contributed by atoms with Gasteiger partial charge in [-0.15, -0.1) is 0 Å². The van der Waals surface area contributed by atoms with Crippen molar-refractivity contribution in [2.75, 3.05) is 12.4 Å². The zero-order chi connectivity index (χ0) is 17.9. The fourth-order valence-corrected chi connectivity index (χ4v) is 2.12. The van der Waals surface area contributed by atoms with Gasteiger partial charge in [-0.3, -0.25) is 9.69 Å². The van der Waals surface area contributed by atoms with Gasteiger partial charge in [0.05, 0.1) is 11.7 Å². The predicted octanol–water partition coefficient (Wildman–Crippen LogP) is 3.70. The zero-order valence-corrected chi connectivity index (χ0v) is 13.1. The fraction of sp³-hybridized carbons (Fsp3) is 0.235. The summed E-state index contributed by atoms with van der Waals surface area (Å²) in [7, 11) is 1.64. The average Bonchev–Trinajstić information content (AvgIpc) is 2.54. The Kier molecular flexibility index (Phi) is 5.56. The van der Waals surface area contributed by atoms with Crippen molar-refractivity contribution in [1.29, 1.82) is 0 Å². The highest BCUT2D eigenvalue weighted by atomic mass is 19.2. The minimum atomic E-state index is -1.64. The minimum absolute atomic E-state index is 0.284. The van der Waals surface area contributed by atoms with Gasteiger partial charge in [0, 0.05) is 6.54 Å². The first-order valence-electron chi connectivity index (χ1n) is 7.18. The number of anilines is 1. The molecular formula is C17H16F4N2O. The molecule has 1 N–H and O–H groups in total. The molecule has 2 rings (SSSR count). The number of hydrogen-bond acceptors (Lipinski definition) is 2. The molecule has 0 unspecified atom stereocenters. The van der Waals surface area contributed by atoms with E-state index in [4.69, 9.17) is 0 Å².